The number of benzene rings is 4. The van der Waals surface area contributed by atoms with Gasteiger partial charge in [-0.25, -0.2) is 9.59 Å². The lowest BCUT2D eigenvalue weighted by Crippen LogP contribution is -2.28. The van der Waals surface area contributed by atoms with Crippen molar-refractivity contribution in [3.63, 3.8) is 0 Å². The molecule has 4 rings (SSSR count). The number of carbonyl (C=O) groups is 2. The molecule has 0 aliphatic heterocycles. The lowest BCUT2D eigenvalue weighted by atomic mass is 10.0. The highest BCUT2D eigenvalue weighted by Gasteiger charge is 2.20. The minimum Gasteiger partial charge on any atom is -0.490 e. The topological polar surface area (TPSA) is 101 Å². The summed E-state index contributed by atoms with van der Waals surface area (Å²) in [6.45, 7) is 11.2. The first-order chi connectivity index (χ1) is 27.2. The third-order valence-electron chi connectivity index (χ3n) is 8.44. The molecule has 4 aromatic rings. The number of allylic oxidation sites excluding steroid dienone is 2. The molecule has 0 bridgehead atoms. The van der Waals surface area contributed by atoms with Gasteiger partial charge in [0, 0.05) is 37.2 Å². The second-order valence-corrected chi connectivity index (χ2v) is 12.7. The van der Waals surface area contributed by atoms with E-state index < -0.39 is 18.2 Å². The van der Waals surface area contributed by atoms with Crippen LogP contribution in [0.4, 0.5) is 0 Å². The summed E-state index contributed by atoms with van der Waals surface area (Å²) in [6.07, 6.45) is 3.14. The van der Waals surface area contributed by atoms with E-state index in [0.717, 1.165) is 50.3 Å². The summed E-state index contributed by atoms with van der Waals surface area (Å²) in [5.74, 6) is 12.9. The SMILES string of the molecule is CCOC(=O)C(Cc1ccc(OCC=C(C)C#Cc2ccc(-c3ccc(C#CC(C)=CCOc4ccc(CC(OCC)C(=O)O)cc4)cc3)cc2)cc1)OCC. The number of hydrogen-bond donors (Lipinski definition) is 1. The quantitative estimate of drug-likeness (QED) is 0.0797. The van der Waals surface area contributed by atoms with Crippen molar-refractivity contribution in [1.82, 2.24) is 0 Å². The molecule has 0 fully saturated rings. The van der Waals surface area contributed by atoms with Crippen LogP contribution in [0.25, 0.3) is 11.1 Å². The number of carboxylic acids is 1. The van der Waals surface area contributed by atoms with E-state index in [2.05, 4.69) is 47.9 Å². The summed E-state index contributed by atoms with van der Waals surface area (Å²) >= 11 is 0. The molecule has 0 spiro atoms. The van der Waals surface area contributed by atoms with Crippen molar-refractivity contribution in [3.05, 3.63) is 143 Å². The molecule has 290 valence electrons. The van der Waals surface area contributed by atoms with Crippen LogP contribution in [0.5, 0.6) is 11.5 Å². The number of ether oxygens (including phenoxy) is 5. The fourth-order valence-electron chi connectivity index (χ4n) is 5.40. The Hall–Kier alpha value is -6.06. The third kappa shape index (κ3) is 14.6. The highest BCUT2D eigenvalue weighted by molar-refractivity contribution is 5.75. The molecule has 0 aliphatic carbocycles. The first kappa shape index (κ1) is 42.7. The van der Waals surface area contributed by atoms with Crippen LogP contribution < -0.4 is 9.47 Å². The Morgan fingerprint density at radius 2 is 1.00 bits per heavy atom. The summed E-state index contributed by atoms with van der Waals surface area (Å²) in [4.78, 5) is 23.5. The molecule has 0 aliphatic rings. The van der Waals surface area contributed by atoms with E-state index in [1.165, 1.54) is 0 Å². The van der Waals surface area contributed by atoms with Crippen LogP contribution in [0.2, 0.25) is 0 Å². The number of esters is 1. The molecule has 0 heterocycles. The molecule has 8 nitrogen and oxygen atoms in total. The van der Waals surface area contributed by atoms with Crippen LogP contribution in [-0.4, -0.2) is 62.3 Å². The molecule has 0 radical (unpaired) electrons. The summed E-state index contributed by atoms with van der Waals surface area (Å²) < 4.78 is 27.7. The monoisotopic (exact) mass is 754 g/mol. The average molecular weight is 755 g/mol. The Kier molecular flexibility index (Phi) is 17.5. The number of aliphatic carboxylic acids is 1. The van der Waals surface area contributed by atoms with E-state index >= 15 is 0 Å². The molecule has 1 N–H and O–H groups in total. The van der Waals surface area contributed by atoms with Crippen LogP contribution in [0, 0.1) is 23.7 Å². The highest BCUT2D eigenvalue weighted by atomic mass is 16.6. The fraction of sp³-hybridized carbons (Fsp3) is 0.292. The van der Waals surface area contributed by atoms with Gasteiger partial charge in [-0.15, -0.1) is 0 Å². The zero-order valence-electron chi connectivity index (χ0n) is 32.8. The molecule has 2 atom stereocenters. The van der Waals surface area contributed by atoms with Gasteiger partial charge in [0.25, 0.3) is 0 Å². The van der Waals surface area contributed by atoms with Gasteiger partial charge < -0.3 is 28.8 Å². The summed E-state index contributed by atoms with van der Waals surface area (Å²) in [6, 6.07) is 31.3. The van der Waals surface area contributed by atoms with Crippen molar-refractivity contribution < 1.29 is 38.4 Å². The van der Waals surface area contributed by atoms with Gasteiger partial charge >= 0.3 is 11.9 Å². The lowest BCUT2D eigenvalue weighted by Gasteiger charge is -2.15. The van der Waals surface area contributed by atoms with Gasteiger partial charge in [0.2, 0.25) is 0 Å². The smallest absolute Gasteiger partial charge is 0.335 e. The molecule has 8 heteroatoms. The number of carbonyl (C=O) groups excluding carboxylic acids is 1. The van der Waals surface area contributed by atoms with Crippen molar-refractivity contribution in [2.45, 2.75) is 59.7 Å². The second kappa shape index (κ2) is 23.0. The van der Waals surface area contributed by atoms with Crippen LogP contribution in [-0.2, 0) is 36.6 Å². The van der Waals surface area contributed by atoms with Crippen molar-refractivity contribution in [2.24, 2.45) is 0 Å². The number of hydrogen-bond acceptors (Lipinski definition) is 7. The van der Waals surface area contributed by atoms with E-state index in [1.54, 1.807) is 13.8 Å². The van der Waals surface area contributed by atoms with Crippen molar-refractivity contribution in [2.75, 3.05) is 33.0 Å². The van der Waals surface area contributed by atoms with Crippen molar-refractivity contribution >= 4 is 11.9 Å². The predicted molar refractivity (Wildman–Crippen MR) is 220 cm³/mol. The van der Waals surface area contributed by atoms with Crippen molar-refractivity contribution in [3.8, 4) is 46.3 Å². The Balaban J connectivity index is 1.22. The molecular weight excluding hydrogens is 705 g/mol. The summed E-state index contributed by atoms with van der Waals surface area (Å²) in [5, 5.41) is 9.29. The van der Waals surface area contributed by atoms with E-state index in [0.29, 0.717) is 51.6 Å². The van der Waals surface area contributed by atoms with Gasteiger partial charge in [0.05, 0.1) is 6.61 Å². The minimum absolute atomic E-state index is 0.302. The van der Waals surface area contributed by atoms with Crippen LogP contribution in [0.3, 0.4) is 0 Å². The molecule has 0 amide bonds. The Morgan fingerprint density at radius 3 is 1.39 bits per heavy atom. The molecule has 56 heavy (non-hydrogen) atoms. The maximum atomic E-state index is 12.1. The van der Waals surface area contributed by atoms with Crippen LogP contribution in [0.15, 0.2) is 120 Å². The maximum absolute atomic E-state index is 12.1. The number of rotatable bonds is 18. The van der Waals surface area contributed by atoms with Gasteiger partial charge in [-0.3, -0.25) is 0 Å². The van der Waals surface area contributed by atoms with E-state index in [1.807, 2.05) is 106 Å². The first-order valence-electron chi connectivity index (χ1n) is 18.8. The van der Waals surface area contributed by atoms with E-state index in [9.17, 15) is 14.7 Å². The van der Waals surface area contributed by atoms with Gasteiger partial charge in [-0.1, -0.05) is 72.2 Å². The van der Waals surface area contributed by atoms with Gasteiger partial charge in [-0.2, -0.15) is 0 Å². The van der Waals surface area contributed by atoms with Gasteiger partial charge in [0.15, 0.2) is 12.2 Å². The fourth-order valence-corrected chi connectivity index (χ4v) is 5.40. The minimum atomic E-state index is -0.967. The number of carboxylic acid groups (broad SMARTS) is 1. The molecule has 0 saturated heterocycles. The molecule has 4 aromatic carbocycles. The Morgan fingerprint density at radius 1 is 0.589 bits per heavy atom. The average Bonchev–Trinajstić information content (AvgIpc) is 3.20. The molecular formula is C48H50O8. The molecule has 0 aromatic heterocycles. The second-order valence-electron chi connectivity index (χ2n) is 12.7. The predicted octanol–water partition coefficient (Wildman–Crippen LogP) is 8.65. The summed E-state index contributed by atoms with van der Waals surface area (Å²) in [7, 11) is 0. The van der Waals surface area contributed by atoms with Crippen LogP contribution >= 0.6 is 0 Å². The molecule has 2 unspecified atom stereocenters. The highest BCUT2D eigenvalue weighted by Crippen LogP contribution is 2.21. The zero-order chi connectivity index (χ0) is 40.1. The van der Waals surface area contributed by atoms with Gasteiger partial charge in [-0.05, 0) is 129 Å². The summed E-state index contributed by atoms with van der Waals surface area (Å²) in [5.41, 5.74) is 7.66. The Bertz CT molecular complexity index is 2040. The maximum Gasteiger partial charge on any atom is 0.335 e. The lowest BCUT2D eigenvalue weighted by molar-refractivity contribution is -0.156. The van der Waals surface area contributed by atoms with Crippen molar-refractivity contribution in [1.29, 1.82) is 0 Å². The largest absolute Gasteiger partial charge is 0.490 e. The third-order valence-corrected chi connectivity index (χ3v) is 8.44. The van der Waals surface area contributed by atoms with Crippen LogP contribution in [0.1, 0.15) is 56.9 Å². The Labute approximate surface area is 331 Å². The molecule has 0 saturated carbocycles. The van der Waals surface area contributed by atoms with Gasteiger partial charge in [0.1, 0.15) is 24.7 Å². The normalized spacial score (nSPS) is 12.3. The van der Waals surface area contributed by atoms with E-state index in [4.69, 9.17) is 23.7 Å². The first-order valence-corrected chi connectivity index (χ1v) is 18.8. The standard InChI is InChI=1S/C48H50O8/c1-6-52-45(47(49)50)33-39-17-25-43(26-18-39)55-31-29-35(4)9-11-37-13-21-41(22-14-37)42-23-15-38(16-24-42)12-10-36(5)30-32-56-44-27-19-40(20-28-44)34-46(53-7-2)48(51)54-8-3/h13-30,45-46H,6-8,31-34H2,1-5H3,(H,49,50). The van der Waals surface area contributed by atoms with E-state index in [-0.39, 0.29) is 5.97 Å². The zero-order valence-corrected chi connectivity index (χ0v) is 32.8.